The molecule has 0 fully saturated rings. The Labute approximate surface area is 172 Å². The highest BCUT2D eigenvalue weighted by atomic mass is 79.9. The zero-order valence-corrected chi connectivity index (χ0v) is 17.2. The number of nitrogens with zero attached hydrogens (tertiary/aromatic N) is 1. The molecule has 2 rings (SSSR count). The highest BCUT2D eigenvalue weighted by Crippen LogP contribution is 2.06. The first kappa shape index (κ1) is 21.6. The van der Waals surface area contributed by atoms with E-state index in [1.807, 2.05) is 61.5 Å². The van der Waals surface area contributed by atoms with E-state index in [-0.39, 0.29) is 31.6 Å². The lowest BCUT2D eigenvalue weighted by atomic mass is 10.2. The highest BCUT2D eigenvalue weighted by molar-refractivity contribution is 9.09. The number of carbonyl (C=O) groups excluding carboxylic acids is 3. The molecule has 0 saturated carbocycles. The quantitative estimate of drug-likeness (QED) is 0.436. The van der Waals surface area contributed by atoms with Crippen molar-refractivity contribution in [3.05, 3.63) is 71.3 Å². The zero-order chi connectivity index (χ0) is 20.4. The summed E-state index contributed by atoms with van der Waals surface area (Å²) in [5.74, 6) is -1.58. The van der Waals surface area contributed by atoms with Gasteiger partial charge >= 0.3 is 11.9 Å². The lowest BCUT2D eigenvalue weighted by Crippen LogP contribution is -2.41. The van der Waals surface area contributed by atoms with Crippen LogP contribution in [-0.4, -0.2) is 41.2 Å². The molecule has 2 aromatic carbocycles. The van der Waals surface area contributed by atoms with Gasteiger partial charge in [-0.3, -0.25) is 14.4 Å². The van der Waals surface area contributed by atoms with Crippen molar-refractivity contribution in [2.75, 3.05) is 18.4 Å². The summed E-state index contributed by atoms with van der Waals surface area (Å²) in [7, 11) is 0. The van der Waals surface area contributed by atoms with Crippen LogP contribution >= 0.6 is 15.9 Å². The monoisotopic (exact) mass is 447 g/mol. The van der Waals surface area contributed by atoms with Crippen LogP contribution in [0.25, 0.3) is 0 Å². The van der Waals surface area contributed by atoms with Gasteiger partial charge in [-0.05, 0) is 18.1 Å². The summed E-state index contributed by atoms with van der Waals surface area (Å²) in [4.78, 5) is 37.3. The summed E-state index contributed by atoms with van der Waals surface area (Å²) >= 11 is 3.06. The number of hydrogen-bond donors (Lipinski definition) is 0. The van der Waals surface area contributed by atoms with Crippen LogP contribution in [0.4, 0.5) is 0 Å². The molecule has 0 N–H and O–H groups in total. The molecule has 0 spiro atoms. The number of rotatable bonds is 9. The molecule has 148 valence electrons. The van der Waals surface area contributed by atoms with Crippen molar-refractivity contribution < 1.29 is 23.9 Å². The third-order valence-corrected chi connectivity index (χ3v) is 4.35. The minimum Gasteiger partial charge on any atom is -0.459 e. The molecule has 0 aromatic heterocycles. The van der Waals surface area contributed by atoms with Gasteiger partial charge in [-0.25, -0.2) is 0 Å². The zero-order valence-electron chi connectivity index (χ0n) is 15.6. The van der Waals surface area contributed by atoms with Gasteiger partial charge in [-0.15, -0.1) is 0 Å². The summed E-state index contributed by atoms with van der Waals surface area (Å²) < 4.78 is 10.4. The van der Waals surface area contributed by atoms with Crippen molar-refractivity contribution in [3.8, 4) is 0 Å². The van der Waals surface area contributed by atoms with Crippen molar-refractivity contribution in [1.82, 2.24) is 4.90 Å². The Morgan fingerprint density at radius 3 is 1.82 bits per heavy atom. The van der Waals surface area contributed by atoms with Crippen LogP contribution in [0.1, 0.15) is 16.7 Å². The molecule has 2 aromatic rings. The summed E-state index contributed by atoms with van der Waals surface area (Å²) in [6.45, 7) is 1.53. The molecule has 0 aliphatic carbocycles. The van der Waals surface area contributed by atoms with E-state index in [2.05, 4.69) is 15.9 Å². The molecule has 0 atom stereocenters. The number of carbonyl (C=O) groups is 3. The molecular weight excluding hydrogens is 426 g/mol. The van der Waals surface area contributed by atoms with Gasteiger partial charge in [0.15, 0.2) is 0 Å². The van der Waals surface area contributed by atoms with Gasteiger partial charge in [0.05, 0.1) is 5.33 Å². The second-order valence-corrected chi connectivity index (χ2v) is 6.74. The van der Waals surface area contributed by atoms with Crippen molar-refractivity contribution in [1.29, 1.82) is 0 Å². The van der Waals surface area contributed by atoms with Gasteiger partial charge in [0.2, 0.25) is 5.91 Å². The number of aryl methyl sites for hydroxylation is 1. The normalized spacial score (nSPS) is 10.2. The van der Waals surface area contributed by atoms with E-state index >= 15 is 0 Å². The Morgan fingerprint density at radius 1 is 0.821 bits per heavy atom. The first-order valence-corrected chi connectivity index (χ1v) is 9.84. The first-order valence-electron chi connectivity index (χ1n) is 8.72. The molecule has 0 aliphatic heterocycles. The average molecular weight is 448 g/mol. The van der Waals surface area contributed by atoms with Gasteiger partial charge < -0.3 is 14.4 Å². The number of benzene rings is 2. The Hall–Kier alpha value is -2.67. The lowest BCUT2D eigenvalue weighted by Gasteiger charge is -2.20. The van der Waals surface area contributed by atoms with Crippen LogP contribution in [0.2, 0.25) is 0 Å². The van der Waals surface area contributed by atoms with Crippen molar-refractivity contribution >= 4 is 33.8 Å². The summed E-state index contributed by atoms with van der Waals surface area (Å²) in [5.41, 5.74) is 2.80. The van der Waals surface area contributed by atoms with Crippen LogP contribution in [-0.2, 0) is 37.1 Å². The van der Waals surface area contributed by atoms with Crippen molar-refractivity contribution in [3.63, 3.8) is 0 Å². The van der Waals surface area contributed by atoms with E-state index < -0.39 is 17.8 Å². The molecule has 0 radical (unpaired) electrons. The minimum absolute atomic E-state index is 0.00971. The predicted molar refractivity (Wildman–Crippen MR) is 108 cm³/mol. The van der Waals surface area contributed by atoms with Crippen LogP contribution < -0.4 is 0 Å². The standard InChI is InChI=1S/C21H22BrNO5/c1-16-7-9-18(10-8-16)15-28-21(26)13-23(19(24)11-22)12-20(25)27-14-17-5-3-2-4-6-17/h2-10H,11-15H2,1H3. The number of hydrogen-bond acceptors (Lipinski definition) is 5. The second-order valence-electron chi connectivity index (χ2n) is 6.18. The third kappa shape index (κ3) is 7.52. The minimum atomic E-state index is -0.593. The fraction of sp³-hybridized carbons (Fsp3) is 0.286. The van der Waals surface area contributed by atoms with Crippen LogP contribution in [0.5, 0.6) is 0 Å². The topological polar surface area (TPSA) is 72.9 Å². The molecule has 0 bridgehead atoms. The van der Waals surface area contributed by atoms with Gasteiger partial charge in [0.25, 0.3) is 0 Å². The van der Waals surface area contributed by atoms with Gasteiger partial charge in [-0.1, -0.05) is 76.1 Å². The maximum Gasteiger partial charge on any atom is 0.325 e. The van der Waals surface area contributed by atoms with Gasteiger partial charge in [0.1, 0.15) is 26.3 Å². The largest absolute Gasteiger partial charge is 0.459 e. The molecule has 7 heteroatoms. The van der Waals surface area contributed by atoms with Crippen LogP contribution in [0.3, 0.4) is 0 Å². The Bertz CT molecular complexity index is 792. The molecule has 28 heavy (non-hydrogen) atoms. The summed E-state index contributed by atoms with van der Waals surface area (Å²) in [5, 5.41) is -0.00971. The first-order chi connectivity index (χ1) is 13.5. The predicted octanol–water partition coefficient (Wildman–Crippen LogP) is 3.01. The van der Waals surface area contributed by atoms with Gasteiger partial charge in [-0.2, -0.15) is 0 Å². The highest BCUT2D eigenvalue weighted by Gasteiger charge is 2.21. The van der Waals surface area contributed by atoms with E-state index in [0.29, 0.717) is 0 Å². The maximum atomic E-state index is 12.1. The Balaban J connectivity index is 1.84. The maximum absolute atomic E-state index is 12.1. The van der Waals surface area contributed by atoms with Gasteiger partial charge in [0, 0.05) is 0 Å². The molecule has 0 saturated heterocycles. The van der Waals surface area contributed by atoms with E-state index in [1.165, 1.54) is 0 Å². The van der Waals surface area contributed by atoms with Crippen LogP contribution in [0.15, 0.2) is 54.6 Å². The molecule has 0 aliphatic rings. The fourth-order valence-corrected chi connectivity index (χ4v) is 2.66. The third-order valence-electron chi connectivity index (χ3n) is 3.87. The summed E-state index contributed by atoms with van der Waals surface area (Å²) in [6, 6.07) is 16.8. The van der Waals surface area contributed by atoms with E-state index in [1.54, 1.807) is 0 Å². The molecule has 1 amide bonds. The lowest BCUT2D eigenvalue weighted by molar-refractivity contribution is -0.154. The molecule has 6 nitrogen and oxygen atoms in total. The molecular formula is C21H22BrNO5. The molecule has 0 heterocycles. The van der Waals surface area contributed by atoms with Crippen LogP contribution in [0, 0.1) is 6.92 Å². The Kier molecular flexibility index (Phi) is 8.68. The van der Waals surface area contributed by atoms with E-state index in [9.17, 15) is 14.4 Å². The second kappa shape index (κ2) is 11.2. The fourth-order valence-electron chi connectivity index (χ4n) is 2.31. The van der Waals surface area contributed by atoms with Crippen molar-refractivity contribution in [2.24, 2.45) is 0 Å². The van der Waals surface area contributed by atoms with E-state index in [4.69, 9.17) is 9.47 Å². The average Bonchev–Trinajstić information content (AvgIpc) is 2.71. The molecule has 0 unspecified atom stereocenters. The number of halogens is 1. The van der Waals surface area contributed by atoms with E-state index in [0.717, 1.165) is 21.6 Å². The van der Waals surface area contributed by atoms with Crippen molar-refractivity contribution in [2.45, 2.75) is 20.1 Å². The SMILES string of the molecule is Cc1ccc(COC(=O)CN(CC(=O)OCc2ccccc2)C(=O)CBr)cc1. The number of amides is 1. The Morgan fingerprint density at radius 2 is 1.32 bits per heavy atom. The summed E-state index contributed by atoms with van der Waals surface area (Å²) in [6.07, 6.45) is 0. The smallest absolute Gasteiger partial charge is 0.325 e. The number of alkyl halides is 1. The number of ether oxygens (including phenoxy) is 2. The number of esters is 2.